The molecule has 4 rings (SSSR count). The number of imidazole rings is 1. The largest absolute Gasteiger partial charge is 0.416 e. The van der Waals surface area contributed by atoms with Crippen LogP contribution < -0.4 is 10.2 Å². The van der Waals surface area contributed by atoms with Crippen LogP contribution in [-0.2, 0) is 11.0 Å². The van der Waals surface area contributed by atoms with Gasteiger partial charge in [0.15, 0.2) is 0 Å². The van der Waals surface area contributed by atoms with Crippen LogP contribution in [0.2, 0.25) is 5.02 Å². The Morgan fingerprint density at radius 1 is 1.19 bits per heavy atom. The van der Waals surface area contributed by atoms with Crippen LogP contribution in [0.3, 0.4) is 0 Å². The number of aromatic nitrogens is 2. The van der Waals surface area contributed by atoms with Crippen molar-refractivity contribution in [2.75, 3.05) is 31.1 Å². The number of benzene rings is 2. The molecule has 1 aliphatic heterocycles. The number of anilines is 1. The van der Waals surface area contributed by atoms with Crippen molar-refractivity contribution in [3.05, 3.63) is 58.9 Å². The first-order chi connectivity index (χ1) is 17.5. The Bertz CT molecular complexity index is 1260. The van der Waals surface area contributed by atoms with E-state index in [4.69, 9.17) is 11.6 Å². The first-order valence-corrected chi connectivity index (χ1v) is 13.0. The van der Waals surface area contributed by atoms with Crippen LogP contribution in [0.4, 0.5) is 18.9 Å². The monoisotopic (exact) mass is 535 g/mol. The molecule has 1 saturated heterocycles. The molecule has 1 amide bonds. The lowest BCUT2D eigenvalue weighted by Crippen LogP contribution is -2.58. The molecule has 1 aliphatic rings. The number of halogens is 4. The SMILES string of the molecule is CCNC(CC)C(=O)N1CCN(c2ccc3ncn(C(C)c4ccc(Cl)cc4C(F)(F)F)c3c2)C[C@H]1C. The van der Waals surface area contributed by atoms with E-state index >= 15 is 0 Å². The summed E-state index contributed by atoms with van der Waals surface area (Å²) in [4.78, 5) is 21.6. The van der Waals surface area contributed by atoms with Gasteiger partial charge in [-0.15, -0.1) is 0 Å². The zero-order valence-corrected chi connectivity index (χ0v) is 22.3. The van der Waals surface area contributed by atoms with E-state index in [2.05, 4.69) is 15.2 Å². The quantitative estimate of drug-likeness (QED) is 0.419. The fraction of sp³-hybridized carbons (Fsp3) is 0.481. The second kappa shape index (κ2) is 10.9. The number of hydrogen-bond donors (Lipinski definition) is 1. The third kappa shape index (κ3) is 5.57. The molecule has 0 radical (unpaired) electrons. The first kappa shape index (κ1) is 27.3. The third-order valence-corrected chi connectivity index (χ3v) is 7.41. The van der Waals surface area contributed by atoms with E-state index in [1.807, 2.05) is 43.9 Å². The highest BCUT2D eigenvalue weighted by Crippen LogP contribution is 2.38. The molecular weight excluding hydrogens is 503 g/mol. The second-order valence-corrected chi connectivity index (χ2v) is 10.0. The first-order valence-electron chi connectivity index (χ1n) is 12.7. The minimum Gasteiger partial charge on any atom is -0.368 e. The van der Waals surface area contributed by atoms with E-state index in [1.54, 1.807) is 17.8 Å². The van der Waals surface area contributed by atoms with Crippen LogP contribution >= 0.6 is 11.6 Å². The summed E-state index contributed by atoms with van der Waals surface area (Å²) in [6.07, 6.45) is -2.20. The molecule has 0 spiro atoms. The molecule has 1 fully saturated rings. The normalized spacial score (nSPS) is 18.3. The van der Waals surface area contributed by atoms with E-state index in [-0.39, 0.29) is 28.6 Å². The molecule has 3 atom stereocenters. The molecule has 0 aliphatic carbocycles. The van der Waals surface area contributed by atoms with Crippen LogP contribution in [0.1, 0.15) is 51.3 Å². The number of hydrogen-bond acceptors (Lipinski definition) is 4. The van der Waals surface area contributed by atoms with Gasteiger partial charge in [0.05, 0.1) is 35.0 Å². The summed E-state index contributed by atoms with van der Waals surface area (Å²) in [6, 6.07) is 8.96. The zero-order valence-electron chi connectivity index (χ0n) is 21.5. The zero-order chi connectivity index (χ0) is 26.9. The molecule has 2 aromatic carbocycles. The number of nitrogens with one attached hydrogen (secondary N) is 1. The van der Waals surface area contributed by atoms with Crippen molar-refractivity contribution in [2.45, 2.75) is 58.4 Å². The number of carbonyl (C=O) groups excluding carboxylic acids is 1. The average molecular weight is 536 g/mol. The average Bonchev–Trinajstić information content (AvgIpc) is 3.29. The fourth-order valence-electron chi connectivity index (χ4n) is 5.18. The van der Waals surface area contributed by atoms with Gasteiger partial charge in [-0.2, -0.15) is 13.2 Å². The highest BCUT2D eigenvalue weighted by Gasteiger charge is 2.35. The lowest BCUT2D eigenvalue weighted by Gasteiger charge is -2.42. The molecule has 1 N–H and O–H groups in total. The third-order valence-electron chi connectivity index (χ3n) is 7.18. The van der Waals surface area contributed by atoms with Gasteiger partial charge >= 0.3 is 6.18 Å². The number of rotatable bonds is 7. The van der Waals surface area contributed by atoms with Crippen molar-refractivity contribution in [1.82, 2.24) is 19.8 Å². The van der Waals surface area contributed by atoms with Crippen molar-refractivity contribution in [3.63, 3.8) is 0 Å². The lowest BCUT2D eigenvalue weighted by molar-refractivity contribution is -0.138. The maximum Gasteiger partial charge on any atom is 0.416 e. The standard InChI is InChI=1S/C27H33ClF3N5O/c1-5-23(32-6-2)26(37)35-12-11-34(15-17(35)3)20-8-10-24-25(14-20)36(16-33-24)18(4)21-9-7-19(28)13-22(21)27(29,30)31/h7-10,13-14,16-18,23,32H,5-6,11-12,15H2,1-4H3/t17-,18?,23?/m1/s1. The van der Waals surface area contributed by atoms with Crippen LogP contribution in [0.25, 0.3) is 11.0 Å². The number of piperazine rings is 1. The second-order valence-electron chi connectivity index (χ2n) is 9.58. The Morgan fingerprint density at radius 3 is 2.59 bits per heavy atom. The van der Waals surface area contributed by atoms with Crippen molar-refractivity contribution < 1.29 is 18.0 Å². The molecule has 37 heavy (non-hydrogen) atoms. The van der Waals surface area contributed by atoms with Gasteiger partial charge in [0.1, 0.15) is 0 Å². The topological polar surface area (TPSA) is 53.4 Å². The molecular formula is C27H33ClF3N5O. The van der Waals surface area contributed by atoms with Gasteiger partial charge in [0.25, 0.3) is 0 Å². The summed E-state index contributed by atoms with van der Waals surface area (Å²) in [6.45, 7) is 10.5. The van der Waals surface area contributed by atoms with E-state index in [0.717, 1.165) is 30.2 Å². The lowest BCUT2D eigenvalue weighted by atomic mass is 10.0. The summed E-state index contributed by atoms with van der Waals surface area (Å²) >= 11 is 5.88. The number of likely N-dealkylation sites (N-methyl/N-ethyl adjacent to an activating group) is 1. The highest BCUT2D eigenvalue weighted by molar-refractivity contribution is 6.30. The van der Waals surface area contributed by atoms with Gasteiger partial charge in [-0.05, 0) is 62.7 Å². The van der Waals surface area contributed by atoms with E-state index in [9.17, 15) is 18.0 Å². The van der Waals surface area contributed by atoms with Gasteiger partial charge in [0, 0.05) is 36.4 Å². The molecule has 6 nitrogen and oxygen atoms in total. The van der Waals surface area contributed by atoms with Crippen molar-refractivity contribution in [2.24, 2.45) is 0 Å². The Hall–Kier alpha value is -2.78. The van der Waals surface area contributed by atoms with Gasteiger partial charge < -0.3 is 19.7 Å². The van der Waals surface area contributed by atoms with Gasteiger partial charge in [-0.3, -0.25) is 4.79 Å². The molecule has 1 aromatic heterocycles. The summed E-state index contributed by atoms with van der Waals surface area (Å²) in [7, 11) is 0. The summed E-state index contributed by atoms with van der Waals surface area (Å²) in [5.41, 5.74) is 1.79. The summed E-state index contributed by atoms with van der Waals surface area (Å²) in [5.74, 6) is 0.127. The Kier molecular flexibility index (Phi) is 8.04. The molecule has 200 valence electrons. The molecule has 3 aromatic rings. The number of amides is 1. The number of carbonyl (C=O) groups is 1. The molecule has 0 saturated carbocycles. The van der Waals surface area contributed by atoms with Crippen LogP contribution in [0.5, 0.6) is 0 Å². The summed E-state index contributed by atoms with van der Waals surface area (Å²) < 4.78 is 43.1. The van der Waals surface area contributed by atoms with Crippen molar-refractivity contribution in [3.8, 4) is 0 Å². The number of fused-ring (bicyclic) bond motifs is 1. The number of alkyl halides is 3. The minimum atomic E-state index is -4.52. The summed E-state index contributed by atoms with van der Waals surface area (Å²) in [5, 5.41) is 3.31. The van der Waals surface area contributed by atoms with Gasteiger partial charge in [-0.1, -0.05) is 31.5 Å². The maximum atomic E-state index is 13.8. The maximum absolute atomic E-state index is 13.8. The highest BCUT2D eigenvalue weighted by atomic mass is 35.5. The number of nitrogens with zero attached hydrogens (tertiary/aromatic N) is 4. The van der Waals surface area contributed by atoms with Gasteiger partial charge in [0.2, 0.25) is 5.91 Å². The van der Waals surface area contributed by atoms with Crippen molar-refractivity contribution in [1.29, 1.82) is 0 Å². The molecule has 0 bridgehead atoms. The predicted molar refractivity (Wildman–Crippen MR) is 141 cm³/mol. The van der Waals surface area contributed by atoms with Crippen molar-refractivity contribution >= 4 is 34.2 Å². The van der Waals surface area contributed by atoms with Gasteiger partial charge in [-0.25, -0.2) is 4.98 Å². The predicted octanol–water partition coefficient (Wildman–Crippen LogP) is 5.74. The van der Waals surface area contributed by atoms with E-state index < -0.39 is 17.8 Å². The van der Waals surface area contributed by atoms with Crippen LogP contribution in [0.15, 0.2) is 42.7 Å². The Morgan fingerprint density at radius 2 is 1.95 bits per heavy atom. The van der Waals surface area contributed by atoms with E-state index in [1.165, 1.54) is 12.1 Å². The van der Waals surface area contributed by atoms with E-state index in [0.29, 0.717) is 25.2 Å². The Labute approximate surface area is 220 Å². The molecule has 2 unspecified atom stereocenters. The Balaban J connectivity index is 1.59. The minimum absolute atomic E-state index is 0.0249. The van der Waals surface area contributed by atoms with Crippen LogP contribution in [-0.4, -0.2) is 58.6 Å². The van der Waals surface area contributed by atoms with Crippen LogP contribution in [0, 0.1) is 0 Å². The molecule has 10 heteroatoms. The fourth-order valence-corrected chi connectivity index (χ4v) is 5.35. The smallest absolute Gasteiger partial charge is 0.368 e. The molecule has 2 heterocycles.